The van der Waals surface area contributed by atoms with E-state index in [4.69, 9.17) is 4.74 Å². The topological polar surface area (TPSA) is 59.0 Å². The molecule has 6 heteroatoms. The Hall–Kier alpha value is -2.34. The number of amides is 1. The van der Waals surface area contributed by atoms with Crippen molar-refractivity contribution in [3.8, 4) is 0 Å². The van der Waals surface area contributed by atoms with Crippen LogP contribution in [0.2, 0.25) is 0 Å². The first-order chi connectivity index (χ1) is 13.2. The van der Waals surface area contributed by atoms with Gasteiger partial charge in [0, 0.05) is 12.2 Å². The molecule has 1 amide bonds. The molecule has 1 fully saturated rings. The molecule has 2 aliphatic heterocycles. The van der Waals surface area contributed by atoms with E-state index in [1.165, 1.54) is 11.6 Å². The molecule has 1 aromatic carbocycles. The summed E-state index contributed by atoms with van der Waals surface area (Å²) in [6, 6.07) is 7.58. The van der Waals surface area contributed by atoms with Crippen LogP contribution >= 0.6 is 11.8 Å². The molecule has 1 aromatic rings. The zero-order valence-electron chi connectivity index (χ0n) is 16.8. The zero-order valence-corrected chi connectivity index (χ0v) is 17.6. The first-order valence-corrected chi connectivity index (χ1v) is 10.4. The Bertz CT molecular complexity index is 863. The number of allylic oxidation sites excluding steroid dienone is 1. The third-order valence-corrected chi connectivity index (χ3v) is 5.81. The van der Waals surface area contributed by atoms with Gasteiger partial charge in [-0.3, -0.25) is 9.69 Å². The molecule has 0 aromatic heterocycles. The molecule has 28 heavy (non-hydrogen) atoms. The van der Waals surface area contributed by atoms with E-state index in [-0.39, 0.29) is 17.9 Å². The van der Waals surface area contributed by atoms with E-state index in [0.717, 1.165) is 5.56 Å². The van der Waals surface area contributed by atoms with Gasteiger partial charge < -0.3 is 4.74 Å². The van der Waals surface area contributed by atoms with Gasteiger partial charge in [-0.2, -0.15) is 0 Å². The Kier molecular flexibility index (Phi) is 5.79. The Labute approximate surface area is 170 Å². The van der Waals surface area contributed by atoms with E-state index >= 15 is 0 Å². The number of carbonyl (C=O) groups excluding carboxylic acids is 2. The summed E-state index contributed by atoms with van der Waals surface area (Å²) in [5.41, 5.74) is 3.08. The van der Waals surface area contributed by atoms with E-state index in [1.807, 2.05) is 12.1 Å². The molecule has 148 valence electrons. The highest BCUT2D eigenvalue weighted by Crippen LogP contribution is 2.40. The van der Waals surface area contributed by atoms with Crippen molar-refractivity contribution in [2.45, 2.75) is 45.6 Å². The third-order valence-electron chi connectivity index (χ3n) is 4.85. The average molecular weight is 399 g/mol. The molecule has 3 rings (SSSR count). The van der Waals surface area contributed by atoms with Crippen LogP contribution in [0.3, 0.4) is 0 Å². The third kappa shape index (κ3) is 3.92. The molecule has 1 saturated heterocycles. The maximum Gasteiger partial charge on any atom is 0.338 e. The monoisotopic (exact) mass is 398 g/mol. The van der Waals surface area contributed by atoms with Crippen molar-refractivity contribution in [1.82, 2.24) is 4.90 Å². The van der Waals surface area contributed by atoms with Crippen LogP contribution < -0.4 is 0 Å². The van der Waals surface area contributed by atoms with Crippen molar-refractivity contribution in [1.29, 1.82) is 0 Å². The fourth-order valence-corrected chi connectivity index (χ4v) is 4.36. The number of ether oxygens (including phenoxy) is 1. The lowest BCUT2D eigenvalue weighted by Crippen LogP contribution is -2.45. The quantitative estimate of drug-likeness (QED) is 0.558. The second-order valence-electron chi connectivity index (χ2n) is 7.92. The molecule has 1 atom stereocenters. The molecule has 0 N–H and O–H groups in total. The largest absolute Gasteiger partial charge is 0.458 e. The van der Waals surface area contributed by atoms with Crippen molar-refractivity contribution in [2.24, 2.45) is 4.99 Å². The molecule has 0 bridgehead atoms. The Morgan fingerprint density at radius 1 is 1.36 bits per heavy atom. The molecular weight excluding hydrogens is 372 g/mol. The van der Waals surface area contributed by atoms with Crippen LogP contribution in [0.25, 0.3) is 0 Å². The van der Waals surface area contributed by atoms with Gasteiger partial charge in [0.05, 0.1) is 17.3 Å². The number of nitrogens with zero attached hydrogens (tertiary/aromatic N) is 2. The maximum atomic E-state index is 12.8. The van der Waals surface area contributed by atoms with E-state index in [2.05, 4.69) is 44.5 Å². The number of rotatable bonds is 4. The molecule has 0 unspecified atom stereocenters. The van der Waals surface area contributed by atoms with E-state index in [1.54, 1.807) is 23.6 Å². The number of aliphatic imine (C=N–C) groups is 1. The highest BCUT2D eigenvalue weighted by atomic mass is 32.2. The van der Waals surface area contributed by atoms with Gasteiger partial charge in [0.1, 0.15) is 6.61 Å². The highest BCUT2D eigenvalue weighted by molar-refractivity contribution is 8.14. The summed E-state index contributed by atoms with van der Waals surface area (Å²) in [5, 5.41) is 0.652. The standard InChI is InChI=1S/C22H26N2O3S/c1-6-12-27-20(26)18-14(2)23-21-24(17(25)11-13-28-21)19(18)15-7-9-16(10-8-15)22(3,4)5/h6-10,19H,1,11-13H2,2-5H3/t19-/m0/s1. The minimum absolute atomic E-state index is 0.0198. The van der Waals surface area contributed by atoms with Gasteiger partial charge in [-0.05, 0) is 23.5 Å². The number of amidine groups is 1. The van der Waals surface area contributed by atoms with Crippen molar-refractivity contribution >= 4 is 28.8 Å². The second kappa shape index (κ2) is 7.95. The molecule has 0 spiro atoms. The molecule has 2 aliphatic rings. The van der Waals surface area contributed by atoms with Crippen LogP contribution in [0.1, 0.15) is 51.3 Å². The maximum absolute atomic E-state index is 12.8. The van der Waals surface area contributed by atoms with Crippen molar-refractivity contribution < 1.29 is 14.3 Å². The van der Waals surface area contributed by atoms with Crippen LogP contribution in [0, 0.1) is 0 Å². The normalized spacial score (nSPS) is 19.9. The number of fused-ring (bicyclic) bond motifs is 1. The molecule has 0 saturated carbocycles. The van der Waals surface area contributed by atoms with E-state index in [9.17, 15) is 9.59 Å². The van der Waals surface area contributed by atoms with Crippen LogP contribution in [0.15, 0.2) is 53.2 Å². The Morgan fingerprint density at radius 3 is 2.64 bits per heavy atom. The molecule has 5 nitrogen and oxygen atoms in total. The van der Waals surface area contributed by atoms with Gasteiger partial charge in [0.2, 0.25) is 5.91 Å². The molecular formula is C22H26N2O3S. The zero-order chi connectivity index (χ0) is 20.5. The van der Waals surface area contributed by atoms with Gasteiger partial charge in [-0.1, -0.05) is 69.5 Å². The molecule has 0 radical (unpaired) electrons. The van der Waals surface area contributed by atoms with Gasteiger partial charge in [0.25, 0.3) is 0 Å². The van der Waals surface area contributed by atoms with Crippen molar-refractivity contribution in [3.05, 3.63) is 59.3 Å². The van der Waals surface area contributed by atoms with Gasteiger partial charge in [-0.25, -0.2) is 9.79 Å². The van der Waals surface area contributed by atoms with Gasteiger partial charge in [0.15, 0.2) is 5.17 Å². The highest BCUT2D eigenvalue weighted by Gasteiger charge is 2.41. The average Bonchev–Trinajstić information content (AvgIpc) is 2.64. The van der Waals surface area contributed by atoms with Crippen LogP contribution in [-0.2, 0) is 19.7 Å². The number of esters is 1. The number of carbonyl (C=O) groups is 2. The predicted molar refractivity (Wildman–Crippen MR) is 113 cm³/mol. The Morgan fingerprint density at radius 2 is 2.04 bits per heavy atom. The first kappa shape index (κ1) is 20.4. The van der Waals surface area contributed by atoms with Crippen molar-refractivity contribution in [3.63, 3.8) is 0 Å². The smallest absolute Gasteiger partial charge is 0.338 e. The fourth-order valence-electron chi connectivity index (χ4n) is 3.35. The van der Waals surface area contributed by atoms with Crippen LogP contribution in [0.5, 0.6) is 0 Å². The summed E-state index contributed by atoms with van der Waals surface area (Å²) in [4.78, 5) is 31.8. The van der Waals surface area contributed by atoms with Gasteiger partial charge in [-0.15, -0.1) is 0 Å². The van der Waals surface area contributed by atoms with Gasteiger partial charge >= 0.3 is 5.97 Å². The number of hydrogen-bond acceptors (Lipinski definition) is 5. The first-order valence-electron chi connectivity index (χ1n) is 9.37. The summed E-state index contributed by atoms with van der Waals surface area (Å²) < 4.78 is 5.32. The SMILES string of the molecule is C=CCOC(=O)C1=C(C)N=C2SCCC(=O)N2[C@H]1c1ccc(C(C)(C)C)cc1. The minimum Gasteiger partial charge on any atom is -0.458 e. The Balaban J connectivity index is 2.09. The number of thioether (sulfide) groups is 1. The summed E-state index contributed by atoms with van der Waals surface area (Å²) in [7, 11) is 0. The van der Waals surface area contributed by atoms with Crippen LogP contribution in [-0.4, -0.2) is 34.3 Å². The summed E-state index contributed by atoms with van der Waals surface area (Å²) in [6.07, 6.45) is 1.95. The lowest BCUT2D eigenvalue weighted by Gasteiger charge is -2.39. The lowest BCUT2D eigenvalue weighted by atomic mass is 9.85. The number of hydrogen-bond donors (Lipinski definition) is 0. The summed E-state index contributed by atoms with van der Waals surface area (Å²) in [6.45, 7) is 12.0. The van der Waals surface area contributed by atoms with Crippen LogP contribution in [0.4, 0.5) is 0 Å². The summed E-state index contributed by atoms with van der Waals surface area (Å²) >= 11 is 1.54. The van der Waals surface area contributed by atoms with E-state index in [0.29, 0.717) is 28.6 Å². The predicted octanol–water partition coefficient (Wildman–Crippen LogP) is 4.36. The number of benzene rings is 1. The second-order valence-corrected chi connectivity index (χ2v) is 8.98. The molecule has 0 aliphatic carbocycles. The summed E-state index contributed by atoms with van der Waals surface area (Å²) in [5.74, 6) is 0.213. The lowest BCUT2D eigenvalue weighted by molar-refractivity contribution is -0.139. The van der Waals surface area contributed by atoms with E-state index < -0.39 is 12.0 Å². The fraction of sp³-hybridized carbons (Fsp3) is 0.409. The molecule has 2 heterocycles. The minimum atomic E-state index is -0.529. The van der Waals surface area contributed by atoms with Crippen molar-refractivity contribution in [2.75, 3.05) is 12.4 Å².